The molecule has 1 saturated heterocycles. The van der Waals surface area contributed by atoms with Gasteiger partial charge in [0.25, 0.3) is 0 Å². The first-order valence-electron chi connectivity index (χ1n) is 6.94. The topological polar surface area (TPSA) is 58.4 Å². The van der Waals surface area contributed by atoms with E-state index < -0.39 is 0 Å². The van der Waals surface area contributed by atoms with Gasteiger partial charge in [0.2, 0.25) is 5.91 Å². The lowest BCUT2D eigenvalue weighted by Gasteiger charge is -2.32. The molecule has 1 atom stereocenters. The first-order chi connectivity index (χ1) is 8.21. The third-order valence-electron chi connectivity index (χ3n) is 3.62. The Hall–Kier alpha value is -0.610. The molecule has 1 unspecified atom stereocenters. The monoisotopic (exact) mass is 241 g/mol. The summed E-state index contributed by atoms with van der Waals surface area (Å²) in [7, 11) is 0. The van der Waals surface area contributed by atoms with Gasteiger partial charge in [-0.3, -0.25) is 4.79 Å². The summed E-state index contributed by atoms with van der Waals surface area (Å²) in [6.45, 7) is 8.08. The van der Waals surface area contributed by atoms with Crippen molar-refractivity contribution >= 4 is 5.91 Å². The number of nitrogens with one attached hydrogen (secondary N) is 1. The van der Waals surface area contributed by atoms with E-state index in [1.165, 1.54) is 13.0 Å². The van der Waals surface area contributed by atoms with Gasteiger partial charge in [0.1, 0.15) is 0 Å². The van der Waals surface area contributed by atoms with Crippen LogP contribution in [-0.2, 0) is 4.79 Å². The van der Waals surface area contributed by atoms with E-state index in [-0.39, 0.29) is 11.8 Å². The van der Waals surface area contributed by atoms with E-state index in [1.807, 2.05) is 6.92 Å². The molecule has 1 amide bonds. The average Bonchev–Trinajstić information content (AvgIpc) is 2.33. The van der Waals surface area contributed by atoms with Crippen molar-refractivity contribution in [1.82, 2.24) is 10.2 Å². The summed E-state index contributed by atoms with van der Waals surface area (Å²) < 4.78 is 0. The normalized spacial score (nSPS) is 20.2. The molecule has 1 heterocycles. The van der Waals surface area contributed by atoms with Crippen molar-refractivity contribution in [3.8, 4) is 0 Å². The molecule has 0 spiro atoms. The van der Waals surface area contributed by atoms with Crippen molar-refractivity contribution in [3.05, 3.63) is 0 Å². The summed E-state index contributed by atoms with van der Waals surface area (Å²) in [6, 6.07) is 0.358. The number of hydrogen-bond acceptors (Lipinski definition) is 3. The first kappa shape index (κ1) is 14.5. The average molecular weight is 241 g/mol. The van der Waals surface area contributed by atoms with Crippen LogP contribution >= 0.6 is 0 Å². The fourth-order valence-corrected chi connectivity index (χ4v) is 2.40. The van der Waals surface area contributed by atoms with Crippen molar-refractivity contribution in [2.45, 2.75) is 45.6 Å². The van der Waals surface area contributed by atoms with E-state index in [1.54, 1.807) is 0 Å². The molecule has 0 saturated carbocycles. The van der Waals surface area contributed by atoms with Crippen LogP contribution in [0.4, 0.5) is 0 Å². The minimum Gasteiger partial charge on any atom is -0.353 e. The largest absolute Gasteiger partial charge is 0.353 e. The van der Waals surface area contributed by atoms with Crippen molar-refractivity contribution in [1.29, 1.82) is 0 Å². The van der Waals surface area contributed by atoms with Crippen molar-refractivity contribution < 1.29 is 4.79 Å². The van der Waals surface area contributed by atoms with Gasteiger partial charge in [0.15, 0.2) is 0 Å². The molecule has 4 heteroatoms. The lowest BCUT2D eigenvalue weighted by molar-refractivity contribution is -0.125. The van der Waals surface area contributed by atoms with Crippen LogP contribution in [0.2, 0.25) is 0 Å². The second-order valence-corrected chi connectivity index (χ2v) is 4.97. The highest BCUT2D eigenvalue weighted by atomic mass is 16.1. The van der Waals surface area contributed by atoms with Gasteiger partial charge in [-0.1, -0.05) is 13.8 Å². The van der Waals surface area contributed by atoms with E-state index >= 15 is 0 Å². The summed E-state index contributed by atoms with van der Waals surface area (Å²) in [5, 5.41) is 3.14. The van der Waals surface area contributed by atoms with E-state index in [0.717, 1.165) is 32.4 Å². The Morgan fingerprint density at radius 1 is 1.41 bits per heavy atom. The molecule has 0 aliphatic carbocycles. The van der Waals surface area contributed by atoms with Crippen LogP contribution in [0.3, 0.4) is 0 Å². The Labute approximate surface area is 105 Å². The molecule has 1 fully saturated rings. The van der Waals surface area contributed by atoms with E-state index in [2.05, 4.69) is 17.1 Å². The van der Waals surface area contributed by atoms with Crippen molar-refractivity contribution in [3.63, 3.8) is 0 Å². The molecule has 1 aliphatic rings. The van der Waals surface area contributed by atoms with Crippen LogP contribution in [0, 0.1) is 5.92 Å². The number of hydrogen-bond donors (Lipinski definition) is 2. The van der Waals surface area contributed by atoms with Crippen molar-refractivity contribution in [2.24, 2.45) is 11.7 Å². The highest BCUT2D eigenvalue weighted by Crippen LogP contribution is 2.11. The van der Waals surface area contributed by atoms with Gasteiger partial charge in [-0.2, -0.15) is 0 Å². The fraction of sp³-hybridized carbons (Fsp3) is 0.923. The van der Waals surface area contributed by atoms with Gasteiger partial charge in [-0.05, 0) is 32.2 Å². The van der Waals surface area contributed by atoms with E-state index in [0.29, 0.717) is 12.6 Å². The Kier molecular flexibility index (Phi) is 6.52. The summed E-state index contributed by atoms with van der Waals surface area (Å²) in [4.78, 5) is 14.4. The minimum absolute atomic E-state index is 0.0105. The summed E-state index contributed by atoms with van der Waals surface area (Å²) >= 11 is 0. The maximum Gasteiger partial charge on any atom is 0.224 e. The quantitative estimate of drug-likeness (QED) is 0.728. The molecule has 17 heavy (non-hydrogen) atoms. The molecule has 0 aromatic carbocycles. The van der Waals surface area contributed by atoms with Crippen molar-refractivity contribution in [2.75, 3.05) is 26.2 Å². The maximum atomic E-state index is 11.9. The summed E-state index contributed by atoms with van der Waals surface area (Å²) in [5.41, 5.74) is 5.58. The number of nitrogens with two attached hydrogens (primary N) is 1. The number of piperidine rings is 1. The van der Waals surface area contributed by atoms with Gasteiger partial charge in [-0.25, -0.2) is 0 Å². The molecule has 1 rings (SSSR count). The maximum absolute atomic E-state index is 11.9. The highest BCUT2D eigenvalue weighted by Gasteiger charge is 2.22. The highest BCUT2D eigenvalue weighted by molar-refractivity contribution is 5.79. The van der Waals surface area contributed by atoms with Gasteiger partial charge in [-0.15, -0.1) is 0 Å². The number of likely N-dealkylation sites (tertiary alicyclic amines) is 1. The molecule has 0 aromatic rings. The zero-order valence-electron chi connectivity index (χ0n) is 11.2. The minimum atomic E-state index is -0.0105. The Morgan fingerprint density at radius 3 is 2.53 bits per heavy atom. The predicted molar refractivity (Wildman–Crippen MR) is 70.7 cm³/mol. The molecule has 0 bridgehead atoms. The van der Waals surface area contributed by atoms with Crippen LogP contribution < -0.4 is 11.1 Å². The molecule has 4 nitrogen and oxygen atoms in total. The number of amides is 1. The predicted octanol–water partition coefficient (Wildman–Crippen LogP) is 0.962. The van der Waals surface area contributed by atoms with Gasteiger partial charge >= 0.3 is 0 Å². The lowest BCUT2D eigenvalue weighted by Crippen LogP contribution is -2.47. The van der Waals surface area contributed by atoms with E-state index in [9.17, 15) is 4.79 Å². The van der Waals surface area contributed by atoms with Crippen LogP contribution in [0.15, 0.2) is 0 Å². The molecule has 100 valence electrons. The molecule has 0 radical (unpaired) electrons. The summed E-state index contributed by atoms with van der Waals surface area (Å²) in [5.74, 6) is 0.132. The molecule has 0 aromatic heterocycles. The zero-order chi connectivity index (χ0) is 12.7. The molecular formula is C13H27N3O. The lowest BCUT2D eigenvalue weighted by atomic mass is 10.0. The van der Waals surface area contributed by atoms with Crippen LogP contribution in [-0.4, -0.2) is 43.0 Å². The second kappa shape index (κ2) is 7.67. The Morgan fingerprint density at radius 2 is 2.06 bits per heavy atom. The number of carbonyl (C=O) groups excluding carboxylic acids is 1. The zero-order valence-corrected chi connectivity index (χ0v) is 11.2. The molecule has 1 aliphatic heterocycles. The van der Waals surface area contributed by atoms with Gasteiger partial charge in [0.05, 0.1) is 0 Å². The van der Waals surface area contributed by atoms with Crippen LogP contribution in [0.25, 0.3) is 0 Å². The first-order valence-corrected chi connectivity index (χ1v) is 6.94. The van der Waals surface area contributed by atoms with Gasteiger partial charge < -0.3 is 16.0 Å². The second-order valence-electron chi connectivity index (χ2n) is 4.97. The third kappa shape index (κ3) is 4.64. The number of nitrogens with zero attached hydrogens (tertiary/aromatic N) is 1. The molecular weight excluding hydrogens is 214 g/mol. The fourth-order valence-electron chi connectivity index (χ4n) is 2.40. The Balaban J connectivity index is 2.27. The SMILES string of the molecule is CCCN1CCC(NC(=O)C(CC)CN)CC1. The smallest absolute Gasteiger partial charge is 0.224 e. The van der Waals surface area contributed by atoms with Gasteiger partial charge in [0, 0.05) is 31.6 Å². The van der Waals surface area contributed by atoms with Crippen LogP contribution in [0.1, 0.15) is 39.5 Å². The number of carbonyl (C=O) groups is 1. The Bertz CT molecular complexity index is 221. The van der Waals surface area contributed by atoms with E-state index in [4.69, 9.17) is 5.73 Å². The third-order valence-corrected chi connectivity index (χ3v) is 3.62. The van der Waals surface area contributed by atoms with Crippen LogP contribution in [0.5, 0.6) is 0 Å². The molecule has 3 N–H and O–H groups in total. The summed E-state index contributed by atoms with van der Waals surface area (Å²) in [6.07, 6.45) is 4.19. The standard InChI is InChI=1S/C13H27N3O/c1-3-7-16-8-5-12(6-9-16)15-13(17)11(4-2)10-14/h11-12H,3-10,14H2,1-2H3,(H,15,17). The number of rotatable bonds is 6.